The van der Waals surface area contributed by atoms with E-state index in [2.05, 4.69) is 58.4 Å². The third kappa shape index (κ3) is 1.44. The minimum atomic E-state index is 1.05. The van der Waals surface area contributed by atoms with Gasteiger partial charge in [-0.3, -0.25) is 0 Å². The zero-order chi connectivity index (χ0) is 11.4. The van der Waals surface area contributed by atoms with Crippen LogP contribution in [0.2, 0.25) is 0 Å². The van der Waals surface area contributed by atoms with Crippen LogP contribution in [0, 0.1) is 0 Å². The van der Waals surface area contributed by atoms with E-state index in [9.17, 15) is 0 Å². The van der Waals surface area contributed by atoms with E-state index in [1.165, 1.54) is 36.5 Å². The maximum Gasteiger partial charge on any atom is 0.0217 e. The van der Waals surface area contributed by atoms with E-state index >= 15 is 0 Å². The number of hydrogen-bond acceptors (Lipinski definition) is 1. The lowest BCUT2D eigenvalue weighted by Crippen LogP contribution is -1.87. The summed E-state index contributed by atoms with van der Waals surface area (Å²) in [6.07, 6.45) is 3.40. The Morgan fingerprint density at radius 1 is 1.12 bits per heavy atom. The Morgan fingerprint density at radius 2 is 2.06 bits per heavy atom. The Balaban J connectivity index is 2.06. The zero-order valence-electron chi connectivity index (χ0n) is 9.03. The van der Waals surface area contributed by atoms with Gasteiger partial charge in [0, 0.05) is 14.3 Å². The van der Waals surface area contributed by atoms with E-state index in [-0.39, 0.29) is 0 Å². The van der Waals surface area contributed by atoms with Crippen molar-refractivity contribution in [3.8, 4) is 0 Å². The summed E-state index contributed by atoms with van der Waals surface area (Å²) in [5.74, 6) is 0. The molecule has 4 rings (SSSR count). The number of benzene rings is 2. The summed E-state index contributed by atoms with van der Waals surface area (Å²) in [5, 5.41) is 0. The molecule has 0 saturated heterocycles. The van der Waals surface area contributed by atoms with Gasteiger partial charge in [0.25, 0.3) is 0 Å². The van der Waals surface area contributed by atoms with Crippen LogP contribution in [0.3, 0.4) is 0 Å². The average molecular weight is 301 g/mol. The Morgan fingerprint density at radius 3 is 3.00 bits per heavy atom. The molecule has 82 valence electrons. The molecule has 0 amide bonds. The zero-order valence-corrected chi connectivity index (χ0v) is 11.4. The van der Waals surface area contributed by atoms with Crippen LogP contribution < -0.4 is 0 Å². The summed E-state index contributed by atoms with van der Waals surface area (Å²) in [7, 11) is 0. The van der Waals surface area contributed by atoms with Crippen molar-refractivity contribution in [1.29, 1.82) is 0 Å². The first kappa shape index (κ1) is 9.98. The highest BCUT2D eigenvalue weighted by Gasteiger charge is 2.22. The number of hydrogen-bond donors (Lipinski definition) is 0. The molecule has 0 aromatic heterocycles. The number of allylic oxidation sites excluding steroid dienone is 1. The molecule has 4 bridgehead atoms. The first-order valence-electron chi connectivity index (χ1n) is 5.61. The molecular formula is C15H9BrS. The largest absolute Gasteiger partial charge is 0.0894 e. The van der Waals surface area contributed by atoms with Crippen LogP contribution in [0.25, 0.3) is 11.6 Å². The highest BCUT2D eigenvalue weighted by molar-refractivity contribution is 9.10. The van der Waals surface area contributed by atoms with Gasteiger partial charge in [-0.15, -0.1) is 0 Å². The Kier molecular flexibility index (Phi) is 2.06. The summed E-state index contributed by atoms with van der Waals surface area (Å²) in [6, 6.07) is 13.2. The van der Waals surface area contributed by atoms with Gasteiger partial charge < -0.3 is 0 Å². The SMILES string of the molecule is Brc1ccc2c3c1CC(=C3)c1cccc(c1)S2. The number of fused-ring (bicyclic) bond motifs is 3. The van der Waals surface area contributed by atoms with Gasteiger partial charge >= 0.3 is 0 Å². The van der Waals surface area contributed by atoms with Crippen LogP contribution in [-0.4, -0.2) is 0 Å². The smallest absolute Gasteiger partial charge is 0.0217 e. The number of halogens is 1. The molecule has 2 heteroatoms. The molecule has 0 nitrogen and oxygen atoms in total. The van der Waals surface area contributed by atoms with Crippen LogP contribution in [0.15, 0.2) is 50.7 Å². The van der Waals surface area contributed by atoms with Crippen molar-refractivity contribution in [1.82, 2.24) is 0 Å². The minimum absolute atomic E-state index is 1.05. The Bertz CT molecular complexity index is 671. The lowest BCUT2D eigenvalue weighted by Gasteiger charge is -2.10. The standard InChI is InChI=1S/C15H9BrS/c16-14-4-5-15-13-8-10(7-12(13)14)9-2-1-3-11(6-9)17-15/h1-6,8H,7H2. The normalized spacial score (nSPS) is 15.2. The predicted octanol–water partition coefficient (Wildman–Crippen LogP) is 5.01. The van der Waals surface area contributed by atoms with Crippen LogP contribution >= 0.6 is 27.7 Å². The van der Waals surface area contributed by atoms with Crippen molar-refractivity contribution in [3.05, 3.63) is 57.6 Å². The van der Waals surface area contributed by atoms with Gasteiger partial charge in [-0.2, -0.15) is 0 Å². The molecule has 0 atom stereocenters. The summed E-state index contributed by atoms with van der Waals surface area (Å²) >= 11 is 5.53. The second-order valence-corrected chi connectivity index (χ2v) is 6.38. The molecule has 0 N–H and O–H groups in total. The fourth-order valence-electron chi connectivity index (χ4n) is 2.53. The molecule has 0 unspecified atom stereocenters. The summed E-state index contributed by atoms with van der Waals surface area (Å²) in [6.45, 7) is 0. The van der Waals surface area contributed by atoms with E-state index in [1.807, 2.05) is 11.8 Å². The van der Waals surface area contributed by atoms with Gasteiger partial charge in [-0.25, -0.2) is 0 Å². The van der Waals surface area contributed by atoms with Crippen molar-refractivity contribution in [2.24, 2.45) is 0 Å². The monoisotopic (exact) mass is 300 g/mol. The molecule has 17 heavy (non-hydrogen) atoms. The molecule has 0 saturated carbocycles. The topological polar surface area (TPSA) is 0 Å². The van der Waals surface area contributed by atoms with Gasteiger partial charge in [0.15, 0.2) is 0 Å². The van der Waals surface area contributed by atoms with Gasteiger partial charge in [-0.05, 0) is 59.0 Å². The highest BCUT2D eigenvalue weighted by atomic mass is 79.9. The van der Waals surface area contributed by atoms with E-state index in [0.29, 0.717) is 0 Å². The molecule has 2 aromatic rings. The van der Waals surface area contributed by atoms with Crippen molar-refractivity contribution in [3.63, 3.8) is 0 Å². The quantitative estimate of drug-likeness (QED) is 0.659. The van der Waals surface area contributed by atoms with E-state index in [4.69, 9.17) is 0 Å². The molecule has 2 aromatic carbocycles. The van der Waals surface area contributed by atoms with Crippen molar-refractivity contribution < 1.29 is 0 Å². The van der Waals surface area contributed by atoms with Crippen molar-refractivity contribution in [2.75, 3.05) is 0 Å². The van der Waals surface area contributed by atoms with E-state index in [1.54, 1.807) is 0 Å². The lowest BCUT2D eigenvalue weighted by molar-refractivity contribution is 1.25. The molecule has 1 aliphatic carbocycles. The summed E-state index contributed by atoms with van der Waals surface area (Å²) < 4.78 is 1.23. The number of rotatable bonds is 0. The molecule has 1 aliphatic heterocycles. The van der Waals surface area contributed by atoms with Crippen LogP contribution in [0.1, 0.15) is 16.7 Å². The molecule has 2 aliphatic rings. The van der Waals surface area contributed by atoms with Crippen LogP contribution in [-0.2, 0) is 6.42 Å². The first-order chi connectivity index (χ1) is 8.31. The molecule has 1 heterocycles. The molecule has 0 radical (unpaired) electrons. The van der Waals surface area contributed by atoms with Gasteiger partial charge in [0.05, 0.1) is 0 Å². The Labute approximate surface area is 113 Å². The van der Waals surface area contributed by atoms with E-state index in [0.717, 1.165) is 6.42 Å². The fraction of sp³-hybridized carbons (Fsp3) is 0.0667. The Hall–Kier alpha value is -0.990. The first-order valence-corrected chi connectivity index (χ1v) is 7.22. The maximum absolute atomic E-state index is 3.67. The van der Waals surface area contributed by atoms with Crippen molar-refractivity contribution >= 4 is 39.3 Å². The summed E-state index contributed by atoms with van der Waals surface area (Å²) in [4.78, 5) is 2.71. The van der Waals surface area contributed by atoms with Crippen LogP contribution in [0.5, 0.6) is 0 Å². The van der Waals surface area contributed by atoms with Gasteiger partial charge in [0.1, 0.15) is 0 Å². The molecule has 0 spiro atoms. The fourth-order valence-corrected chi connectivity index (χ4v) is 4.03. The van der Waals surface area contributed by atoms with Gasteiger partial charge in [0.2, 0.25) is 0 Å². The second kappa shape index (κ2) is 3.50. The lowest BCUT2D eigenvalue weighted by atomic mass is 10.0. The van der Waals surface area contributed by atoms with Crippen LogP contribution in [0.4, 0.5) is 0 Å². The summed E-state index contributed by atoms with van der Waals surface area (Å²) in [5.41, 5.74) is 5.65. The van der Waals surface area contributed by atoms with Gasteiger partial charge in [-0.1, -0.05) is 39.8 Å². The van der Waals surface area contributed by atoms with Crippen molar-refractivity contribution in [2.45, 2.75) is 16.2 Å². The molecule has 0 fully saturated rings. The third-order valence-electron chi connectivity index (χ3n) is 3.38. The van der Waals surface area contributed by atoms with E-state index < -0.39 is 0 Å². The highest BCUT2D eigenvalue weighted by Crippen LogP contribution is 2.45. The minimum Gasteiger partial charge on any atom is -0.0894 e. The average Bonchev–Trinajstić information content (AvgIpc) is 2.79. The molecular weight excluding hydrogens is 292 g/mol. The predicted molar refractivity (Wildman–Crippen MR) is 76.3 cm³/mol. The maximum atomic E-state index is 3.67. The second-order valence-electron chi connectivity index (χ2n) is 4.41. The third-order valence-corrected chi connectivity index (χ3v) is 5.19.